The fraction of sp³-hybridized carbons (Fsp3) is 0.750. The highest BCUT2D eigenvalue weighted by Gasteiger charge is 2.38. The summed E-state index contributed by atoms with van der Waals surface area (Å²) in [5.74, 6) is -0.246. The van der Waals surface area contributed by atoms with Crippen molar-refractivity contribution in [3.8, 4) is 0 Å². The van der Waals surface area contributed by atoms with E-state index in [1.807, 2.05) is 13.8 Å². The largest absolute Gasteiger partial charge is 0.409 e. The van der Waals surface area contributed by atoms with Crippen molar-refractivity contribution in [3.05, 3.63) is 0 Å². The molecule has 0 aromatic carbocycles. The number of carbonyl (C=O) groups excluding carboxylic acids is 1. The maximum absolute atomic E-state index is 11.5. The number of nitrogens with zero attached hydrogens (tertiary/aromatic N) is 1. The fourth-order valence-corrected chi connectivity index (χ4v) is 1.38. The lowest BCUT2D eigenvalue weighted by atomic mass is 9.80. The smallest absolute Gasteiger partial charge is 0.233 e. The van der Waals surface area contributed by atoms with Gasteiger partial charge in [0.1, 0.15) is 5.41 Å². The van der Waals surface area contributed by atoms with Crippen molar-refractivity contribution in [2.45, 2.75) is 26.7 Å². The lowest BCUT2D eigenvalue weighted by Crippen LogP contribution is -2.48. The molecule has 0 saturated heterocycles. The van der Waals surface area contributed by atoms with E-state index in [4.69, 9.17) is 10.9 Å². The van der Waals surface area contributed by atoms with Crippen LogP contribution in [0.1, 0.15) is 26.7 Å². The molecule has 0 aromatic rings. The molecule has 4 N–H and O–H groups in total. The van der Waals surface area contributed by atoms with Crippen LogP contribution in [0.25, 0.3) is 0 Å². The quantitative estimate of drug-likeness (QED) is 0.256. The normalized spacial score (nSPS) is 12.7. The summed E-state index contributed by atoms with van der Waals surface area (Å²) in [5.41, 5.74) is 4.62. The number of hydrogen-bond acceptors (Lipinski definition) is 3. The summed E-state index contributed by atoms with van der Waals surface area (Å²) in [6, 6.07) is 0. The number of oxime groups is 1. The molecular weight excluding hydrogens is 170 g/mol. The predicted molar refractivity (Wildman–Crippen MR) is 50.5 cm³/mol. The van der Waals surface area contributed by atoms with E-state index in [9.17, 15) is 4.79 Å². The molecule has 0 unspecified atom stereocenters. The van der Waals surface area contributed by atoms with Crippen molar-refractivity contribution < 1.29 is 10.0 Å². The molecule has 0 spiro atoms. The van der Waals surface area contributed by atoms with Crippen LogP contribution in [0, 0.1) is 5.41 Å². The Balaban J connectivity index is 5.02. The number of rotatable bonds is 4. The van der Waals surface area contributed by atoms with Gasteiger partial charge in [0.15, 0.2) is 5.84 Å². The third-order valence-corrected chi connectivity index (χ3v) is 2.47. The van der Waals surface area contributed by atoms with Crippen LogP contribution in [0.5, 0.6) is 0 Å². The Bertz CT molecular complexity index is 209. The maximum atomic E-state index is 11.5. The van der Waals surface area contributed by atoms with Gasteiger partial charge in [-0.3, -0.25) is 4.79 Å². The van der Waals surface area contributed by atoms with Gasteiger partial charge >= 0.3 is 0 Å². The van der Waals surface area contributed by atoms with E-state index < -0.39 is 5.41 Å². The molecule has 0 aliphatic rings. The zero-order valence-corrected chi connectivity index (χ0v) is 8.29. The first kappa shape index (κ1) is 11.7. The van der Waals surface area contributed by atoms with Crippen molar-refractivity contribution in [1.29, 1.82) is 0 Å². The molecule has 0 bridgehead atoms. The van der Waals surface area contributed by atoms with Gasteiger partial charge in [-0.2, -0.15) is 0 Å². The van der Waals surface area contributed by atoms with Gasteiger partial charge in [0.05, 0.1) is 0 Å². The van der Waals surface area contributed by atoms with Gasteiger partial charge in [-0.15, -0.1) is 0 Å². The SMILES string of the molecule is CCC(CC)(C(=O)NC)C(N)=NO. The summed E-state index contributed by atoms with van der Waals surface area (Å²) in [4.78, 5) is 11.5. The van der Waals surface area contributed by atoms with Crippen LogP contribution in [-0.4, -0.2) is 24.0 Å². The van der Waals surface area contributed by atoms with Crippen LogP contribution >= 0.6 is 0 Å². The van der Waals surface area contributed by atoms with Crippen molar-refractivity contribution in [1.82, 2.24) is 5.32 Å². The van der Waals surface area contributed by atoms with E-state index in [-0.39, 0.29) is 11.7 Å². The zero-order valence-electron chi connectivity index (χ0n) is 8.29. The van der Waals surface area contributed by atoms with Crippen LogP contribution in [0.4, 0.5) is 0 Å². The second-order valence-electron chi connectivity index (χ2n) is 2.85. The Labute approximate surface area is 78.0 Å². The summed E-state index contributed by atoms with van der Waals surface area (Å²) in [5, 5.41) is 14.0. The second kappa shape index (κ2) is 4.69. The minimum absolute atomic E-state index is 0.0307. The van der Waals surface area contributed by atoms with Crippen LogP contribution in [-0.2, 0) is 4.79 Å². The van der Waals surface area contributed by atoms with Gasteiger partial charge in [-0.1, -0.05) is 19.0 Å². The van der Waals surface area contributed by atoms with Crippen LogP contribution < -0.4 is 11.1 Å². The highest BCUT2D eigenvalue weighted by atomic mass is 16.4. The third kappa shape index (κ3) is 1.91. The molecule has 0 saturated carbocycles. The van der Waals surface area contributed by atoms with Gasteiger partial charge in [0.25, 0.3) is 0 Å². The monoisotopic (exact) mass is 187 g/mol. The molecule has 0 atom stereocenters. The number of hydrogen-bond donors (Lipinski definition) is 3. The topological polar surface area (TPSA) is 87.7 Å². The van der Waals surface area contributed by atoms with E-state index in [0.29, 0.717) is 12.8 Å². The van der Waals surface area contributed by atoms with Crippen LogP contribution in [0.3, 0.4) is 0 Å². The molecule has 0 aliphatic carbocycles. The van der Waals surface area contributed by atoms with Gasteiger partial charge < -0.3 is 16.3 Å². The molecule has 0 heterocycles. The number of amides is 1. The molecule has 76 valence electrons. The lowest BCUT2D eigenvalue weighted by molar-refractivity contribution is -0.127. The predicted octanol–water partition coefficient (Wildman–Crippen LogP) is 0.285. The third-order valence-electron chi connectivity index (χ3n) is 2.47. The Hall–Kier alpha value is -1.26. The molecular formula is C8H17N3O2. The van der Waals surface area contributed by atoms with E-state index >= 15 is 0 Å². The molecule has 0 aromatic heterocycles. The molecule has 5 nitrogen and oxygen atoms in total. The molecule has 0 aliphatic heterocycles. The Morgan fingerprint density at radius 2 is 2.00 bits per heavy atom. The highest BCUT2D eigenvalue weighted by molar-refractivity contribution is 6.06. The number of amidine groups is 1. The molecule has 0 rings (SSSR count). The van der Waals surface area contributed by atoms with Crippen LogP contribution in [0.15, 0.2) is 5.16 Å². The molecule has 0 fully saturated rings. The van der Waals surface area contributed by atoms with E-state index in [0.717, 1.165) is 0 Å². The second-order valence-corrected chi connectivity index (χ2v) is 2.85. The van der Waals surface area contributed by atoms with Gasteiger partial charge in [0, 0.05) is 7.05 Å². The summed E-state index contributed by atoms with van der Waals surface area (Å²) < 4.78 is 0. The van der Waals surface area contributed by atoms with Crippen molar-refractivity contribution in [2.75, 3.05) is 7.05 Å². The first-order valence-electron chi connectivity index (χ1n) is 4.29. The summed E-state index contributed by atoms with van der Waals surface area (Å²) >= 11 is 0. The summed E-state index contributed by atoms with van der Waals surface area (Å²) in [6.07, 6.45) is 1.03. The molecule has 1 amide bonds. The minimum Gasteiger partial charge on any atom is -0.409 e. The van der Waals surface area contributed by atoms with Crippen molar-refractivity contribution in [2.24, 2.45) is 16.3 Å². The standard InChI is InChI=1S/C8H17N3O2/c1-4-8(5-2,6(9)11-13)7(12)10-3/h13H,4-5H2,1-3H3,(H2,9,11)(H,10,12). The average molecular weight is 187 g/mol. The molecule has 0 radical (unpaired) electrons. The van der Waals surface area contributed by atoms with Gasteiger partial charge in [-0.05, 0) is 12.8 Å². The van der Waals surface area contributed by atoms with Gasteiger partial charge in [0.2, 0.25) is 5.91 Å². The van der Waals surface area contributed by atoms with E-state index in [1.165, 1.54) is 7.05 Å². The maximum Gasteiger partial charge on any atom is 0.233 e. The minimum atomic E-state index is -0.872. The summed E-state index contributed by atoms with van der Waals surface area (Å²) in [6.45, 7) is 3.66. The first-order chi connectivity index (χ1) is 6.08. The number of nitrogens with one attached hydrogen (secondary N) is 1. The zero-order chi connectivity index (χ0) is 10.5. The van der Waals surface area contributed by atoms with Crippen molar-refractivity contribution in [3.63, 3.8) is 0 Å². The van der Waals surface area contributed by atoms with Crippen molar-refractivity contribution >= 4 is 11.7 Å². The van der Waals surface area contributed by atoms with E-state index in [1.54, 1.807) is 0 Å². The molecule has 5 heteroatoms. The average Bonchev–Trinajstić information content (AvgIpc) is 2.19. The number of carbonyl (C=O) groups is 1. The van der Waals surface area contributed by atoms with Crippen LogP contribution in [0.2, 0.25) is 0 Å². The lowest BCUT2D eigenvalue weighted by Gasteiger charge is -2.27. The van der Waals surface area contributed by atoms with Gasteiger partial charge in [-0.25, -0.2) is 0 Å². The summed E-state index contributed by atoms with van der Waals surface area (Å²) in [7, 11) is 1.53. The fourth-order valence-electron chi connectivity index (χ4n) is 1.38. The molecule has 13 heavy (non-hydrogen) atoms. The Morgan fingerprint density at radius 3 is 2.23 bits per heavy atom. The Morgan fingerprint density at radius 1 is 1.54 bits per heavy atom. The number of nitrogens with two attached hydrogens (primary N) is 1. The first-order valence-corrected chi connectivity index (χ1v) is 4.29. The highest BCUT2D eigenvalue weighted by Crippen LogP contribution is 2.26. The van der Waals surface area contributed by atoms with E-state index in [2.05, 4.69) is 10.5 Å². The Kier molecular flexibility index (Phi) is 4.23.